The first-order valence-electron chi connectivity index (χ1n) is 5.69. The summed E-state index contributed by atoms with van der Waals surface area (Å²) in [5, 5.41) is 2.65. The molecule has 1 aromatic rings. The molecule has 0 spiro atoms. The zero-order chi connectivity index (χ0) is 13.1. The molecule has 17 heavy (non-hydrogen) atoms. The summed E-state index contributed by atoms with van der Waals surface area (Å²) in [5.41, 5.74) is 2.16. The molecule has 0 bridgehead atoms. The third kappa shape index (κ3) is 3.70. The van der Waals surface area contributed by atoms with Crippen LogP contribution in [0.5, 0.6) is 0 Å². The minimum Gasteiger partial charge on any atom is -0.349 e. The molecule has 0 aliphatic rings. The fourth-order valence-electron chi connectivity index (χ4n) is 1.59. The van der Waals surface area contributed by atoms with Crippen LogP contribution in [0.3, 0.4) is 0 Å². The minimum atomic E-state index is -0.522. The van der Waals surface area contributed by atoms with Gasteiger partial charge in [-0.15, -0.1) is 0 Å². The number of aryl methyl sites for hydroxylation is 1. The van der Waals surface area contributed by atoms with Crippen LogP contribution in [0, 0.1) is 6.92 Å². The molecular weight excluding hydrogens is 214 g/mol. The smallest absolute Gasteiger partial charge is 0.287 e. The fraction of sp³-hybridized carbons (Fsp3) is 0.429. The van der Waals surface area contributed by atoms with Gasteiger partial charge in [0.2, 0.25) is 5.78 Å². The van der Waals surface area contributed by atoms with Crippen molar-refractivity contribution < 1.29 is 9.59 Å². The summed E-state index contributed by atoms with van der Waals surface area (Å²) in [6.45, 7) is 7.85. The van der Waals surface area contributed by atoms with Crippen molar-refractivity contribution in [2.75, 3.05) is 6.54 Å². The Morgan fingerprint density at radius 2 is 1.94 bits per heavy atom. The number of Topliss-reactive ketones (excluding diaryl/α,β-unsaturated/α-hetero) is 1. The molecule has 0 saturated carbocycles. The van der Waals surface area contributed by atoms with E-state index < -0.39 is 11.7 Å². The molecule has 1 rings (SSSR count). The van der Waals surface area contributed by atoms with E-state index in [1.165, 1.54) is 12.5 Å². The van der Waals surface area contributed by atoms with Crippen LogP contribution in [0.15, 0.2) is 24.3 Å². The van der Waals surface area contributed by atoms with Gasteiger partial charge >= 0.3 is 0 Å². The Labute approximate surface area is 102 Å². The number of hydrogen-bond acceptors (Lipinski definition) is 2. The van der Waals surface area contributed by atoms with Gasteiger partial charge < -0.3 is 5.32 Å². The summed E-state index contributed by atoms with van der Waals surface area (Å²) < 4.78 is 0. The van der Waals surface area contributed by atoms with E-state index >= 15 is 0 Å². The number of amides is 1. The van der Waals surface area contributed by atoms with E-state index in [0.29, 0.717) is 6.54 Å². The van der Waals surface area contributed by atoms with Gasteiger partial charge in [-0.3, -0.25) is 9.59 Å². The van der Waals surface area contributed by atoms with E-state index in [-0.39, 0.29) is 5.41 Å². The van der Waals surface area contributed by atoms with Crippen LogP contribution in [-0.4, -0.2) is 18.2 Å². The quantitative estimate of drug-likeness (QED) is 0.808. The molecule has 0 unspecified atom stereocenters. The lowest BCUT2D eigenvalue weighted by Gasteiger charge is -2.25. The first-order valence-corrected chi connectivity index (χ1v) is 5.69. The van der Waals surface area contributed by atoms with Crippen LogP contribution >= 0.6 is 0 Å². The van der Waals surface area contributed by atoms with Crippen molar-refractivity contribution in [2.45, 2.75) is 33.1 Å². The highest BCUT2D eigenvalue weighted by Gasteiger charge is 2.22. The van der Waals surface area contributed by atoms with Crippen molar-refractivity contribution in [3.05, 3.63) is 35.4 Å². The maximum atomic E-state index is 11.2. The molecule has 0 fully saturated rings. The zero-order valence-corrected chi connectivity index (χ0v) is 10.8. The third-order valence-electron chi connectivity index (χ3n) is 2.81. The number of ketones is 1. The predicted molar refractivity (Wildman–Crippen MR) is 67.9 cm³/mol. The highest BCUT2D eigenvalue weighted by Crippen LogP contribution is 2.22. The molecule has 0 heterocycles. The molecule has 0 saturated heterocycles. The number of nitrogens with one attached hydrogen (secondary N) is 1. The molecule has 0 aliphatic carbocycles. The lowest BCUT2D eigenvalue weighted by atomic mass is 9.84. The van der Waals surface area contributed by atoms with Gasteiger partial charge in [-0.2, -0.15) is 0 Å². The van der Waals surface area contributed by atoms with E-state index in [1.807, 2.05) is 39.0 Å². The van der Waals surface area contributed by atoms with Gasteiger partial charge in [0.25, 0.3) is 5.91 Å². The van der Waals surface area contributed by atoms with Gasteiger partial charge in [0, 0.05) is 18.9 Å². The standard InChI is InChI=1S/C14H19NO2/c1-10-6-5-7-12(8-10)14(3,4)9-15-13(17)11(2)16/h5-8H,9H2,1-4H3,(H,15,17). The molecule has 3 nitrogen and oxygen atoms in total. The Kier molecular flexibility index (Phi) is 4.05. The van der Waals surface area contributed by atoms with Crippen LogP contribution in [-0.2, 0) is 15.0 Å². The highest BCUT2D eigenvalue weighted by atomic mass is 16.2. The number of rotatable bonds is 4. The number of carbonyl (C=O) groups excluding carboxylic acids is 2. The Morgan fingerprint density at radius 1 is 1.29 bits per heavy atom. The lowest BCUT2D eigenvalue weighted by Crippen LogP contribution is -2.39. The van der Waals surface area contributed by atoms with Crippen LogP contribution in [0.1, 0.15) is 31.9 Å². The topological polar surface area (TPSA) is 46.2 Å². The van der Waals surface area contributed by atoms with E-state index in [4.69, 9.17) is 0 Å². The molecule has 0 radical (unpaired) electrons. The van der Waals surface area contributed by atoms with Crippen LogP contribution in [0.2, 0.25) is 0 Å². The number of carbonyl (C=O) groups is 2. The number of benzene rings is 1. The average molecular weight is 233 g/mol. The van der Waals surface area contributed by atoms with Gasteiger partial charge in [-0.1, -0.05) is 43.7 Å². The van der Waals surface area contributed by atoms with Gasteiger partial charge in [-0.25, -0.2) is 0 Å². The molecule has 0 aliphatic heterocycles. The van der Waals surface area contributed by atoms with Gasteiger partial charge in [0.15, 0.2) is 0 Å². The zero-order valence-electron chi connectivity index (χ0n) is 10.8. The second kappa shape index (κ2) is 5.13. The Hall–Kier alpha value is -1.64. The Balaban J connectivity index is 2.75. The van der Waals surface area contributed by atoms with Gasteiger partial charge in [-0.05, 0) is 12.5 Å². The van der Waals surface area contributed by atoms with Gasteiger partial charge in [0.1, 0.15) is 0 Å². The van der Waals surface area contributed by atoms with Crippen LogP contribution in [0.25, 0.3) is 0 Å². The van der Waals surface area contributed by atoms with Gasteiger partial charge in [0.05, 0.1) is 0 Å². The normalized spacial score (nSPS) is 11.1. The minimum absolute atomic E-state index is 0.183. The first-order chi connectivity index (χ1) is 7.83. The summed E-state index contributed by atoms with van der Waals surface area (Å²) >= 11 is 0. The fourth-order valence-corrected chi connectivity index (χ4v) is 1.59. The average Bonchev–Trinajstić information content (AvgIpc) is 2.26. The lowest BCUT2D eigenvalue weighted by molar-refractivity contribution is -0.136. The second-order valence-electron chi connectivity index (χ2n) is 4.99. The van der Waals surface area contributed by atoms with Crippen LogP contribution in [0.4, 0.5) is 0 Å². The molecule has 1 aromatic carbocycles. The predicted octanol–water partition coefficient (Wildman–Crippen LogP) is 1.98. The summed E-state index contributed by atoms with van der Waals surface area (Å²) in [4.78, 5) is 22.1. The maximum Gasteiger partial charge on any atom is 0.287 e. The molecule has 0 atom stereocenters. The second-order valence-corrected chi connectivity index (χ2v) is 4.99. The van der Waals surface area contributed by atoms with Crippen molar-refractivity contribution >= 4 is 11.7 Å². The van der Waals surface area contributed by atoms with Crippen molar-refractivity contribution in [1.82, 2.24) is 5.32 Å². The molecule has 3 heteroatoms. The summed E-state index contributed by atoms with van der Waals surface area (Å²) in [7, 11) is 0. The Morgan fingerprint density at radius 3 is 2.47 bits per heavy atom. The van der Waals surface area contributed by atoms with E-state index in [0.717, 1.165) is 5.56 Å². The van der Waals surface area contributed by atoms with Crippen molar-refractivity contribution in [3.63, 3.8) is 0 Å². The first kappa shape index (κ1) is 13.4. The molecule has 0 aromatic heterocycles. The monoisotopic (exact) mass is 233 g/mol. The van der Waals surface area contributed by atoms with E-state index in [1.54, 1.807) is 0 Å². The van der Waals surface area contributed by atoms with Crippen molar-refractivity contribution in [1.29, 1.82) is 0 Å². The summed E-state index contributed by atoms with van der Waals surface area (Å²) in [6, 6.07) is 8.17. The largest absolute Gasteiger partial charge is 0.349 e. The van der Waals surface area contributed by atoms with Crippen molar-refractivity contribution in [2.24, 2.45) is 0 Å². The molecule has 1 amide bonds. The van der Waals surface area contributed by atoms with Crippen molar-refractivity contribution in [3.8, 4) is 0 Å². The summed E-state index contributed by atoms with van der Waals surface area (Å²) in [6.07, 6.45) is 0. The number of hydrogen-bond donors (Lipinski definition) is 1. The Bertz CT molecular complexity index is 436. The molecule has 1 N–H and O–H groups in total. The summed E-state index contributed by atoms with van der Waals surface area (Å²) in [5.74, 6) is -0.976. The molecular formula is C14H19NO2. The maximum absolute atomic E-state index is 11.2. The molecule has 92 valence electrons. The third-order valence-corrected chi connectivity index (χ3v) is 2.81. The SMILES string of the molecule is CC(=O)C(=O)NCC(C)(C)c1cccc(C)c1. The highest BCUT2D eigenvalue weighted by molar-refractivity contribution is 6.35. The van der Waals surface area contributed by atoms with E-state index in [9.17, 15) is 9.59 Å². The van der Waals surface area contributed by atoms with Crippen LogP contribution < -0.4 is 5.32 Å². The van der Waals surface area contributed by atoms with E-state index in [2.05, 4.69) is 11.4 Å².